The summed E-state index contributed by atoms with van der Waals surface area (Å²) in [6.07, 6.45) is 5.99. The minimum Gasteiger partial charge on any atom is -0.462 e. The normalized spacial score (nSPS) is 17.2. The Balaban J connectivity index is 1.98. The average Bonchev–Trinajstić information content (AvgIpc) is 2.65. The van der Waals surface area contributed by atoms with Gasteiger partial charge >= 0.3 is 5.97 Å². The van der Waals surface area contributed by atoms with Crippen LogP contribution in [0, 0.1) is 0 Å². The number of hydrogen-bond donors (Lipinski definition) is 0. The second-order valence-electron chi connectivity index (χ2n) is 3.70. The van der Waals surface area contributed by atoms with Crippen molar-refractivity contribution in [2.75, 3.05) is 13.2 Å². The number of esters is 1. The van der Waals surface area contributed by atoms with Crippen LogP contribution in [-0.4, -0.2) is 25.3 Å². The quantitative estimate of drug-likeness (QED) is 0.487. The van der Waals surface area contributed by atoms with Gasteiger partial charge in [0.15, 0.2) is 0 Å². The van der Waals surface area contributed by atoms with Crippen molar-refractivity contribution in [3.8, 4) is 0 Å². The first-order valence-electron chi connectivity index (χ1n) is 5.60. The molecule has 0 bridgehead atoms. The molecule has 3 nitrogen and oxygen atoms in total. The van der Waals surface area contributed by atoms with Crippen molar-refractivity contribution < 1.29 is 14.3 Å². The molecular formula is C11H20O3. The van der Waals surface area contributed by atoms with Gasteiger partial charge in [-0.05, 0) is 39.0 Å². The second-order valence-corrected chi connectivity index (χ2v) is 3.70. The molecule has 0 N–H and O–H groups in total. The molecule has 0 radical (unpaired) electrons. The zero-order valence-corrected chi connectivity index (χ0v) is 8.96. The van der Waals surface area contributed by atoms with E-state index in [2.05, 4.69) is 0 Å². The first-order valence-corrected chi connectivity index (χ1v) is 5.60. The van der Waals surface area contributed by atoms with E-state index in [1.165, 1.54) is 12.8 Å². The molecular weight excluding hydrogens is 180 g/mol. The molecule has 0 spiro atoms. The van der Waals surface area contributed by atoms with E-state index in [0.29, 0.717) is 13.0 Å². The van der Waals surface area contributed by atoms with E-state index in [9.17, 15) is 4.79 Å². The van der Waals surface area contributed by atoms with Crippen LogP contribution in [0.15, 0.2) is 0 Å². The summed E-state index contributed by atoms with van der Waals surface area (Å²) in [6, 6.07) is 0. The molecule has 14 heavy (non-hydrogen) atoms. The van der Waals surface area contributed by atoms with Gasteiger partial charge < -0.3 is 9.47 Å². The highest BCUT2D eigenvalue weighted by Gasteiger charge is 2.18. The van der Waals surface area contributed by atoms with E-state index >= 15 is 0 Å². The lowest BCUT2D eigenvalue weighted by Gasteiger charge is -2.10. The van der Waals surface area contributed by atoms with Gasteiger partial charge in [-0.25, -0.2) is 0 Å². The Kier molecular flexibility index (Phi) is 5.60. The third-order valence-corrected chi connectivity index (χ3v) is 2.47. The lowest BCUT2D eigenvalue weighted by molar-refractivity contribution is -0.149. The van der Waals surface area contributed by atoms with E-state index in [4.69, 9.17) is 9.47 Å². The molecule has 0 saturated heterocycles. The average molecular weight is 200 g/mol. The fraction of sp³-hybridized carbons (Fsp3) is 0.909. The summed E-state index contributed by atoms with van der Waals surface area (Å²) in [5.41, 5.74) is 0. The van der Waals surface area contributed by atoms with Crippen LogP contribution >= 0.6 is 0 Å². The summed E-state index contributed by atoms with van der Waals surface area (Å²) in [7, 11) is 0. The predicted molar refractivity (Wildman–Crippen MR) is 54.1 cm³/mol. The third-order valence-electron chi connectivity index (χ3n) is 2.47. The molecule has 0 heterocycles. The highest BCUT2D eigenvalue weighted by molar-refractivity contribution is 5.69. The van der Waals surface area contributed by atoms with Crippen LogP contribution in [0.1, 0.15) is 45.4 Å². The topological polar surface area (TPSA) is 35.5 Å². The first-order chi connectivity index (χ1) is 6.83. The Morgan fingerprint density at radius 2 is 2.07 bits per heavy atom. The maximum Gasteiger partial charge on any atom is 0.306 e. The summed E-state index contributed by atoms with van der Waals surface area (Å²) >= 11 is 0. The van der Waals surface area contributed by atoms with E-state index in [1.54, 1.807) is 0 Å². The van der Waals surface area contributed by atoms with Gasteiger partial charge in [0.05, 0.1) is 0 Å². The van der Waals surface area contributed by atoms with Gasteiger partial charge in [-0.3, -0.25) is 4.79 Å². The number of hydrogen-bond acceptors (Lipinski definition) is 3. The SMILES string of the molecule is CCOCCCC(=O)OC1CCCC1. The fourth-order valence-corrected chi connectivity index (χ4v) is 1.71. The molecule has 0 aromatic carbocycles. The summed E-state index contributed by atoms with van der Waals surface area (Å²) < 4.78 is 10.4. The largest absolute Gasteiger partial charge is 0.462 e. The van der Waals surface area contributed by atoms with Gasteiger partial charge in [-0.15, -0.1) is 0 Å². The molecule has 0 aliphatic heterocycles. The summed E-state index contributed by atoms with van der Waals surface area (Å²) in [4.78, 5) is 11.3. The molecule has 1 aliphatic rings. The molecule has 1 aliphatic carbocycles. The van der Waals surface area contributed by atoms with Crippen molar-refractivity contribution in [3.63, 3.8) is 0 Å². The maximum absolute atomic E-state index is 11.3. The van der Waals surface area contributed by atoms with Crippen LogP contribution in [0.2, 0.25) is 0 Å². The van der Waals surface area contributed by atoms with Gasteiger partial charge in [0, 0.05) is 19.6 Å². The Labute approximate surface area is 85.8 Å². The van der Waals surface area contributed by atoms with Crippen LogP contribution in [0.3, 0.4) is 0 Å². The lowest BCUT2D eigenvalue weighted by atomic mass is 10.3. The molecule has 0 atom stereocenters. The standard InChI is InChI=1S/C11H20O3/c1-2-13-9-5-8-11(12)14-10-6-3-4-7-10/h10H,2-9H2,1H3. The second kappa shape index (κ2) is 6.82. The first kappa shape index (κ1) is 11.5. The smallest absolute Gasteiger partial charge is 0.306 e. The molecule has 0 aromatic rings. The Morgan fingerprint density at radius 3 is 2.71 bits per heavy atom. The molecule has 0 unspecified atom stereocenters. The molecule has 1 rings (SSSR count). The van der Waals surface area contributed by atoms with Gasteiger partial charge in [-0.2, -0.15) is 0 Å². The summed E-state index contributed by atoms with van der Waals surface area (Å²) in [6.45, 7) is 3.34. The summed E-state index contributed by atoms with van der Waals surface area (Å²) in [5.74, 6) is -0.0587. The van der Waals surface area contributed by atoms with Gasteiger partial charge in [-0.1, -0.05) is 0 Å². The Morgan fingerprint density at radius 1 is 1.36 bits per heavy atom. The predicted octanol–water partition coefficient (Wildman–Crippen LogP) is 2.29. The third kappa shape index (κ3) is 4.61. The van der Waals surface area contributed by atoms with Crippen molar-refractivity contribution in [1.29, 1.82) is 0 Å². The van der Waals surface area contributed by atoms with Crippen LogP contribution in [-0.2, 0) is 14.3 Å². The van der Waals surface area contributed by atoms with E-state index in [-0.39, 0.29) is 12.1 Å². The van der Waals surface area contributed by atoms with Crippen molar-refractivity contribution in [1.82, 2.24) is 0 Å². The van der Waals surface area contributed by atoms with Crippen molar-refractivity contribution in [2.45, 2.75) is 51.6 Å². The van der Waals surface area contributed by atoms with Gasteiger partial charge in [0.2, 0.25) is 0 Å². The molecule has 1 fully saturated rings. The lowest BCUT2D eigenvalue weighted by Crippen LogP contribution is -2.14. The minimum absolute atomic E-state index is 0.0587. The molecule has 1 saturated carbocycles. The number of rotatable bonds is 6. The molecule has 0 aromatic heterocycles. The van der Waals surface area contributed by atoms with E-state index in [0.717, 1.165) is 25.9 Å². The van der Waals surface area contributed by atoms with Gasteiger partial charge in [0.1, 0.15) is 6.10 Å². The fourth-order valence-electron chi connectivity index (χ4n) is 1.71. The number of carbonyl (C=O) groups is 1. The monoisotopic (exact) mass is 200 g/mol. The van der Waals surface area contributed by atoms with E-state index in [1.807, 2.05) is 6.92 Å². The molecule has 3 heteroatoms. The zero-order chi connectivity index (χ0) is 10.2. The van der Waals surface area contributed by atoms with Crippen LogP contribution in [0.4, 0.5) is 0 Å². The Hall–Kier alpha value is -0.570. The maximum atomic E-state index is 11.3. The van der Waals surface area contributed by atoms with Crippen LogP contribution in [0.25, 0.3) is 0 Å². The summed E-state index contributed by atoms with van der Waals surface area (Å²) in [5, 5.41) is 0. The van der Waals surface area contributed by atoms with E-state index < -0.39 is 0 Å². The number of ether oxygens (including phenoxy) is 2. The number of carbonyl (C=O) groups excluding carboxylic acids is 1. The highest BCUT2D eigenvalue weighted by Crippen LogP contribution is 2.21. The minimum atomic E-state index is -0.0587. The Bertz CT molecular complexity index is 162. The van der Waals surface area contributed by atoms with Crippen molar-refractivity contribution in [3.05, 3.63) is 0 Å². The van der Waals surface area contributed by atoms with Gasteiger partial charge in [0.25, 0.3) is 0 Å². The van der Waals surface area contributed by atoms with Crippen LogP contribution < -0.4 is 0 Å². The van der Waals surface area contributed by atoms with Crippen molar-refractivity contribution in [2.24, 2.45) is 0 Å². The molecule has 82 valence electrons. The van der Waals surface area contributed by atoms with Crippen molar-refractivity contribution >= 4 is 5.97 Å². The molecule has 0 amide bonds. The highest BCUT2D eigenvalue weighted by atomic mass is 16.5. The van der Waals surface area contributed by atoms with Crippen LogP contribution in [0.5, 0.6) is 0 Å². The zero-order valence-electron chi connectivity index (χ0n) is 8.96.